The molecular weight excluding hydrogens is 398 g/mol. The fraction of sp³-hybridized carbons (Fsp3) is 0.500. The number of nitrogens with zero attached hydrogens (tertiary/aromatic N) is 1. The molecule has 0 radical (unpaired) electrons. The summed E-state index contributed by atoms with van der Waals surface area (Å²) in [6.45, 7) is 2.69. The van der Waals surface area contributed by atoms with E-state index in [0.29, 0.717) is 17.3 Å². The highest BCUT2D eigenvalue weighted by atomic mass is 79.9. The molecule has 1 aromatic rings. The van der Waals surface area contributed by atoms with Gasteiger partial charge < -0.3 is 5.32 Å². The van der Waals surface area contributed by atoms with Crippen molar-refractivity contribution in [1.82, 2.24) is 10.0 Å². The van der Waals surface area contributed by atoms with Crippen LogP contribution < -0.4 is 10.0 Å². The summed E-state index contributed by atoms with van der Waals surface area (Å²) in [5.74, 6) is 0. The van der Waals surface area contributed by atoms with Crippen LogP contribution in [0.15, 0.2) is 27.6 Å². The van der Waals surface area contributed by atoms with Crippen molar-refractivity contribution in [1.29, 1.82) is 0 Å². The number of rotatable bonds is 4. The SMILES string of the molecule is CC1CC(NS(=O)(=O)c2ccc(Br)cc2[N+](=O)[O-])CCN1.Cl. The highest BCUT2D eigenvalue weighted by molar-refractivity contribution is 9.10. The number of nitro benzene ring substituents is 1. The third-order valence-electron chi connectivity index (χ3n) is 3.35. The number of nitro groups is 1. The molecule has 1 aromatic carbocycles. The summed E-state index contributed by atoms with van der Waals surface area (Å²) in [5.41, 5.74) is -0.432. The fourth-order valence-electron chi connectivity index (χ4n) is 2.38. The topological polar surface area (TPSA) is 101 Å². The van der Waals surface area contributed by atoms with E-state index >= 15 is 0 Å². The number of benzene rings is 1. The van der Waals surface area contributed by atoms with Gasteiger partial charge in [0.1, 0.15) is 0 Å². The van der Waals surface area contributed by atoms with Gasteiger partial charge in [-0.25, -0.2) is 13.1 Å². The van der Waals surface area contributed by atoms with Crippen molar-refractivity contribution in [3.8, 4) is 0 Å². The Hall–Kier alpha value is -0.740. The first kappa shape index (κ1) is 19.3. The van der Waals surface area contributed by atoms with Crippen LogP contribution in [0.2, 0.25) is 0 Å². The van der Waals surface area contributed by atoms with Gasteiger partial charge in [-0.1, -0.05) is 15.9 Å². The van der Waals surface area contributed by atoms with Gasteiger partial charge in [0.05, 0.1) is 4.92 Å². The first-order chi connectivity index (χ1) is 9.79. The van der Waals surface area contributed by atoms with Gasteiger partial charge in [-0.2, -0.15) is 0 Å². The fourth-order valence-corrected chi connectivity index (χ4v) is 4.17. The summed E-state index contributed by atoms with van der Waals surface area (Å²) in [5, 5.41) is 14.3. The molecular formula is C12H17BrClN3O4S. The van der Waals surface area contributed by atoms with Crippen LogP contribution in [0.5, 0.6) is 0 Å². The molecule has 0 saturated carbocycles. The molecule has 2 rings (SSSR count). The van der Waals surface area contributed by atoms with Crippen molar-refractivity contribution in [2.24, 2.45) is 0 Å². The van der Waals surface area contributed by atoms with E-state index in [0.717, 1.165) is 6.54 Å². The summed E-state index contributed by atoms with van der Waals surface area (Å²) in [6.07, 6.45) is 1.32. The molecule has 0 aliphatic carbocycles. The smallest absolute Gasteiger partial charge is 0.290 e. The van der Waals surface area contributed by atoms with E-state index in [4.69, 9.17) is 0 Å². The Morgan fingerprint density at radius 3 is 2.73 bits per heavy atom. The maximum Gasteiger partial charge on any atom is 0.290 e. The minimum atomic E-state index is -3.92. The zero-order valence-corrected chi connectivity index (χ0v) is 15.0. The number of piperidine rings is 1. The zero-order chi connectivity index (χ0) is 15.6. The second-order valence-corrected chi connectivity index (χ2v) is 7.66. The van der Waals surface area contributed by atoms with Crippen LogP contribution in [0.3, 0.4) is 0 Å². The number of hydrogen-bond acceptors (Lipinski definition) is 5. The third kappa shape index (κ3) is 4.63. The Kier molecular flexibility index (Phi) is 6.75. The third-order valence-corrected chi connectivity index (χ3v) is 5.41. The molecule has 22 heavy (non-hydrogen) atoms. The minimum absolute atomic E-state index is 0. The molecule has 2 unspecified atom stereocenters. The molecule has 1 heterocycles. The van der Waals surface area contributed by atoms with Crippen LogP contribution in [0.1, 0.15) is 19.8 Å². The maximum absolute atomic E-state index is 12.4. The molecule has 0 bridgehead atoms. The van der Waals surface area contributed by atoms with Crippen LogP contribution in [0.4, 0.5) is 5.69 Å². The Morgan fingerprint density at radius 1 is 1.45 bits per heavy atom. The quantitative estimate of drug-likeness (QED) is 0.581. The number of hydrogen-bond donors (Lipinski definition) is 2. The van der Waals surface area contributed by atoms with Crippen LogP contribution in [-0.2, 0) is 10.0 Å². The molecule has 0 amide bonds. The van der Waals surface area contributed by atoms with E-state index in [2.05, 4.69) is 26.0 Å². The van der Waals surface area contributed by atoms with Gasteiger partial charge in [-0.15, -0.1) is 12.4 Å². The molecule has 2 N–H and O–H groups in total. The van der Waals surface area contributed by atoms with E-state index in [9.17, 15) is 18.5 Å². The second-order valence-electron chi connectivity index (χ2n) is 5.07. The summed E-state index contributed by atoms with van der Waals surface area (Å²) in [6, 6.07) is 3.92. The summed E-state index contributed by atoms with van der Waals surface area (Å²) in [7, 11) is -3.92. The standard InChI is InChI=1S/C12H16BrN3O4S.ClH/c1-8-6-10(4-5-14-8)15-21(19,20)12-3-2-9(13)7-11(12)16(17)18;/h2-3,7-8,10,14-15H,4-6H2,1H3;1H. The Labute approximate surface area is 143 Å². The van der Waals surface area contributed by atoms with Gasteiger partial charge in [0.15, 0.2) is 4.90 Å². The van der Waals surface area contributed by atoms with Crippen LogP contribution in [-0.4, -0.2) is 32.0 Å². The largest absolute Gasteiger partial charge is 0.314 e. The average molecular weight is 415 g/mol. The molecule has 2 atom stereocenters. The highest BCUT2D eigenvalue weighted by Crippen LogP contribution is 2.28. The minimum Gasteiger partial charge on any atom is -0.314 e. The van der Waals surface area contributed by atoms with E-state index in [1.807, 2.05) is 6.92 Å². The Morgan fingerprint density at radius 2 is 2.14 bits per heavy atom. The predicted molar refractivity (Wildman–Crippen MR) is 88.9 cm³/mol. The number of sulfonamides is 1. The summed E-state index contributed by atoms with van der Waals surface area (Å²) in [4.78, 5) is 10.1. The number of nitrogens with one attached hydrogen (secondary N) is 2. The van der Waals surface area contributed by atoms with Crippen LogP contribution in [0, 0.1) is 10.1 Å². The summed E-state index contributed by atoms with van der Waals surface area (Å²) >= 11 is 3.11. The lowest BCUT2D eigenvalue weighted by atomic mass is 10.0. The Balaban J connectivity index is 0.00000242. The lowest BCUT2D eigenvalue weighted by Gasteiger charge is -2.28. The molecule has 1 aliphatic heterocycles. The molecule has 1 saturated heterocycles. The molecule has 1 fully saturated rings. The average Bonchev–Trinajstić information content (AvgIpc) is 2.37. The van der Waals surface area contributed by atoms with Crippen molar-refractivity contribution in [2.75, 3.05) is 6.54 Å². The van der Waals surface area contributed by atoms with Crippen molar-refractivity contribution in [2.45, 2.75) is 36.7 Å². The van der Waals surface area contributed by atoms with Gasteiger partial charge in [0.2, 0.25) is 10.0 Å². The van der Waals surface area contributed by atoms with Gasteiger partial charge in [0, 0.05) is 22.6 Å². The van der Waals surface area contributed by atoms with Gasteiger partial charge in [-0.3, -0.25) is 10.1 Å². The van der Waals surface area contributed by atoms with E-state index < -0.39 is 20.6 Å². The molecule has 1 aliphatic rings. The lowest BCUT2D eigenvalue weighted by Crippen LogP contribution is -2.46. The highest BCUT2D eigenvalue weighted by Gasteiger charge is 2.29. The van der Waals surface area contributed by atoms with Gasteiger partial charge in [-0.05, 0) is 38.4 Å². The van der Waals surface area contributed by atoms with Crippen molar-refractivity contribution >= 4 is 44.0 Å². The number of halogens is 2. The first-order valence-electron chi connectivity index (χ1n) is 6.49. The lowest BCUT2D eigenvalue weighted by molar-refractivity contribution is -0.387. The monoisotopic (exact) mass is 413 g/mol. The molecule has 10 heteroatoms. The first-order valence-corrected chi connectivity index (χ1v) is 8.77. The van der Waals surface area contributed by atoms with Crippen LogP contribution in [0.25, 0.3) is 0 Å². The van der Waals surface area contributed by atoms with Gasteiger partial charge >= 0.3 is 0 Å². The predicted octanol–water partition coefficient (Wildman–Crippen LogP) is 2.20. The van der Waals surface area contributed by atoms with E-state index in [1.165, 1.54) is 18.2 Å². The van der Waals surface area contributed by atoms with E-state index in [-0.39, 0.29) is 29.4 Å². The normalized spacial score (nSPS) is 21.9. The molecule has 124 valence electrons. The maximum atomic E-state index is 12.4. The second kappa shape index (κ2) is 7.69. The van der Waals surface area contributed by atoms with Gasteiger partial charge in [0.25, 0.3) is 5.69 Å². The summed E-state index contributed by atoms with van der Waals surface area (Å²) < 4.78 is 27.8. The molecule has 0 spiro atoms. The molecule has 0 aromatic heterocycles. The van der Waals surface area contributed by atoms with Crippen molar-refractivity contribution in [3.05, 3.63) is 32.8 Å². The van der Waals surface area contributed by atoms with Crippen molar-refractivity contribution < 1.29 is 13.3 Å². The van der Waals surface area contributed by atoms with Crippen molar-refractivity contribution in [3.63, 3.8) is 0 Å². The zero-order valence-electron chi connectivity index (χ0n) is 11.8. The van der Waals surface area contributed by atoms with Crippen LogP contribution >= 0.6 is 28.3 Å². The molecule has 7 nitrogen and oxygen atoms in total. The van der Waals surface area contributed by atoms with E-state index in [1.54, 1.807) is 0 Å². The Bertz CT molecular complexity index is 656.